The Labute approximate surface area is 179 Å². The van der Waals surface area contributed by atoms with E-state index in [1.54, 1.807) is 38.0 Å². The van der Waals surface area contributed by atoms with Crippen LogP contribution in [-0.4, -0.2) is 49.2 Å². The van der Waals surface area contributed by atoms with Crippen LogP contribution in [0.5, 0.6) is 5.75 Å². The minimum absolute atomic E-state index is 0.502. The number of nitrogen functional groups attached to an aromatic ring is 1. The Kier molecular flexibility index (Phi) is 7.20. The van der Waals surface area contributed by atoms with Crippen LogP contribution in [0, 0.1) is 11.3 Å². The van der Waals surface area contributed by atoms with E-state index in [-0.39, 0.29) is 0 Å². The smallest absolute Gasteiger partial charge is 0.144 e. The van der Waals surface area contributed by atoms with E-state index >= 15 is 0 Å². The van der Waals surface area contributed by atoms with E-state index in [4.69, 9.17) is 25.7 Å². The van der Waals surface area contributed by atoms with E-state index in [9.17, 15) is 0 Å². The molecule has 0 amide bonds. The number of nitrogens with one attached hydrogen (secondary N) is 2. The lowest BCUT2D eigenvalue weighted by Gasteiger charge is -2.21. The molecule has 1 unspecified atom stereocenters. The fourth-order valence-corrected chi connectivity index (χ4v) is 5.08. The summed E-state index contributed by atoms with van der Waals surface area (Å²) in [6.07, 6.45) is 5.94. The number of aliphatic hydroxyl groups excluding tert-OH is 1. The number of nitrogens with zero attached hydrogens (tertiary/aromatic N) is 2. The van der Waals surface area contributed by atoms with E-state index in [2.05, 4.69) is 15.3 Å². The number of hydrogen-bond donors (Lipinski definition) is 4. The van der Waals surface area contributed by atoms with E-state index in [0.717, 1.165) is 54.7 Å². The maximum atomic E-state index is 7.56. The Morgan fingerprint density at radius 3 is 2.83 bits per heavy atom. The molecule has 0 aliphatic heterocycles. The highest BCUT2D eigenvalue weighted by Crippen LogP contribution is 2.41. The van der Waals surface area contributed by atoms with Gasteiger partial charge in [-0.15, -0.1) is 11.3 Å². The molecule has 1 aliphatic carbocycles. The molecule has 0 fully saturated rings. The Morgan fingerprint density at radius 2 is 2.13 bits per heavy atom. The maximum Gasteiger partial charge on any atom is 0.144 e. The molecule has 1 atom stereocenters. The number of nitrogens with two attached hydrogens (primary N) is 1. The molecule has 0 spiro atoms. The van der Waals surface area contributed by atoms with Crippen LogP contribution in [0.4, 0.5) is 17.2 Å². The Balaban J connectivity index is 0.00000124. The van der Waals surface area contributed by atoms with Gasteiger partial charge in [0.2, 0.25) is 0 Å². The van der Waals surface area contributed by atoms with Gasteiger partial charge in [0.15, 0.2) is 0 Å². The van der Waals surface area contributed by atoms with Crippen LogP contribution in [0.25, 0.3) is 10.2 Å². The molecule has 0 saturated carbocycles. The molecule has 0 bridgehead atoms. The van der Waals surface area contributed by atoms with Gasteiger partial charge in [-0.05, 0) is 36.8 Å². The van der Waals surface area contributed by atoms with Crippen molar-refractivity contribution < 1.29 is 14.6 Å². The summed E-state index contributed by atoms with van der Waals surface area (Å²) in [5, 5.41) is 19.0. The summed E-state index contributed by atoms with van der Waals surface area (Å²) in [6.45, 7) is 0.791. The second-order valence-electron chi connectivity index (χ2n) is 6.92. The number of fused-ring (bicyclic) bond motifs is 3. The second-order valence-corrected chi connectivity index (χ2v) is 8.00. The van der Waals surface area contributed by atoms with Gasteiger partial charge in [0.25, 0.3) is 0 Å². The molecular formula is C21H27N5O3S. The first kappa shape index (κ1) is 21.9. The predicted molar refractivity (Wildman–Crippen MR) is 122 cm³/mol. The standard InChI is InChI=1S/C20H23N5O2S.CH4O/c1-26-9-11-3-4-13-17(5-11)28-20-18(13)19(23-10-24-20)25-15-6-12(8-21)14(22)7-16(15)27-2;1-2/h6-8,10-11,21H,3-5,9,22H2,1-2H3,(H,23,24,25);2H,1H3. The molecule has 1 aromatic carbocycles. The fraction of sp³-hybridized carbons (Fsp3) is 0.381. The Morgan fingerprint density at radius 1 is 1.33 bits per heavy atom. The highest BCUT2D eigenvalue weighted by molar-refractivity contribution is 7.19. The minimum atomic E-state index is 0.502. The average Bonchev–Trinajstić information content (AvgIpc) is 3.15. The van der Waals surface area contributed by atoms with Crippen LogP contribution in [0.1, 0.15) is 22.4 Å². The van der Waals surface area contributed by atoms with Crippen molar-refractivity contribution in [1.29, 1.82) is 5.41 Å². The molecule has 0 radical (unpaired) electrons. The summed E-state index contributed by atoms with van der Waals surface area (Å²) >= 11 is 1.74. The lowest BCUT2D eigenvalue weighted by molar-refractivity contribution is 0.145. The van der Waals surface area contributed by atoms with Crippen molar-refractivity contribution in [3.63, 3.8) is 0 Å². The van der Waals surface area contributed by atoms with Crippen molar-refractivity contribution in [2.45, 2.75) is 19.3 Å². The fourth-order valence-electron chi connectivity index (χ4n) is 3.78. The summed E-state index contributed by atoms with van der Waals surface area (Å²) in [5.74, 6) is 1.92. The zero-order valence-electron chi connectivity index (χ0n) is 17.4. The van der Waals surface area contributed by atoms with Crippen molar-refractivity contribution in [3.05, 3.63) is 34.5 Å². The first-order chi connectivity index (χ1) is 14.6. The van der Waals surface area contributed by atoms with Gasteiger partial charge in [0.1, 0.15) is 22.7 Å². The lowest BCUT2D eigenvalue weighted by Crippen LogP contribution is -2.17. The van der Waals surface area contributed by atoms with Crippen molar-refractivity contribution in [2.24, 2.45) is 5.92 Å². The number of aromatic nitrogens is 2. The summed E-state index contributed by atoms with van der Waals surface area (Å²) < 4.78 is 10.8. The number of benzene rings is 1. The van der Waals surface area contributed by atoms with Gasteiger partial charge in [-0.25, -0.2) is 9.97 Å². The van der Waals surface area contributed by atoms with Crippen molar-refractivity contribution in [1.82, 2.24) is 9.97 Å². The highest BCUT2D eigenvalue weighted by Gasteiger charge is 2.25. The number of aliphatic hydroxyl groups is 1. The predicted octanol–water partition coefficient (Wildman–Crippen LogP) is 3.38. The number of rotatable bonds is 6. The van der Waals surface area contributed by atoms with Crippen LogP contribution in [0.2, 0.25) is 0 Å². The van der Waals surface area contributed by atoms with E-state index < -0.39 is 0 Å². The zero-order chi connectivity index (χ0) is 21.7. The van der Waals surface area contributed by atoms with Crippen LogP contribution < -0.4 is 15.8 Å². The topological polar surface area (TPSA) is 126 Å². The van der Waals surface area contributed by atoms with E-state index in [1.165, 1.54) is 16.7 Å². The van der Waals surface area contributed by atoms with Gasteiger partial charge < -0.3 is 31.0 Å². The van der Waals surface area contributed by atoms with Crippen molar-refractivity contribution in [2.75, 3.05) is 39.0 Å². The molecular weight excluding hydrogens is 402 g/mol. The molecule has 9 heteroatoms. The van der Waals surface area contributed by atoms with Gasteiger partial charge in [-0.1, -0.05) is 0 Å². The Bertz CT molecular complexity index is 1040. The monoisotopic (exact) mass is 429 g/mol. The summed E-state index contributed by atoms with van der Waals surface area (Å²) in [5.41, 5.74) is 9.17. The summed E-state index contributed by atoms with van der Waals surface area (Å²) in [6, 6.07) is 3.53. The molecule has 1 aliphatic rings. The normalized spacial score (nSPS) is 15.1. The number of thiophene rings is 1. The molecule has 3 aromatic rings. The molecule has 2 heterocycles. The van der Waals surface area contributed by atoms with Gasteiger partial charge in [-0.3, -0.25) is 0 Å². The minimum Gasteiger partial charge on any atom is -0.494 e. The molecule has 0 saturated heterocycles. The molecule has 8 nitrogen and oxygen atoms in total. The van der Waals surface area contributed by atoms with Gasteiger partial charge in [-0.2, -0.15) is 0 Å². The maximum absolute atomic E-state index is 7.56. The van der Waals surface area contributed by atoms with Crippen LogP contribution in [0.3, 0.4) is 0 Å². The third kappa shape index (κ3) is 4.23. The summed E-state index contributed by atoms with van der Waals surface area (Å²) in [7, 11) is 4.36. The molecule has 4 rings (SSSR count). The van der Waals surface area contributed by atoms with Crippen LogP contribution >= 0.6 is 11.3 Å². The van der Waals surface area contributed by atoms with Crippen molar-refractivity contribution in [3.8, 4) is 5.75 Å². The third-order valence-electron chi connectivity index (χ3n) is 5.16. The third-order valence-corrected chi connectivity index (χ3v) is 6.33. The molecule has 5 N–H and O–H groups in total. The number of ether oxygens (including phenoxy) is 2. The van der Waals surface area contributed by atoms with Crippen molar-refractivity contribution >= 4 is 45.0 Å². The number of aryl methyl sites for hydroxylation is 1. The average molecular weight is 430 g/mol. The van der Waals surface area contributed by atoms with E-state index in [0.29, 0.717) is 22.9 Å². The highest BCUT2D eigenvalue weighted by atomic mass is 32.1. The molecule has 30 heavy (non-hydrogen) atoms. The van der Waals surface area contributed by atoms with E-state index in [1.807, 2.05) is 6.07 Å². The van der Waals surface area contributed by atoms with Gasteiger partial charge in [0.05, 0.1) is 18.2 Å². The van der Waals surface area contributed by atoms with Crippen LogP contribution in [-0.2, 0) is 17.6 Å². The Hall–Kier alpha value is -2.75. The molecule has 160 valence electrons. The van der Waals surface area contributed by atoms with Crippen LogP contribution in [0.15, 0.2) is 18.5 Å². The first-order valence-electron chi connectivity index (χ1n) is 9.58. The zero-order valence-corrected chi connectivity index (χ0v) is 18.2. The largest absolute Gasteiger partial charge is 0.494 e. The number of methoxy groups -OCH3 is 2. The SMILES string of the molecule is CO.COCC1CCc2c(sc3ncnc(Nc4cc(C=N)c(N)cc4OC)c23)C1. The number of anilines is 3. The quantitative estimate of drug-likeness (QED) is 0.349. The second kappa shape index (κ2) is 9.84. The molecule has 2 aromatic heterocycles. The summed E-state index contributed by atoms with van der Waals surface area (Å²) in [4.78, 5) is 11.4. The van der Waals surface area contributed by atoms with Gasteiger partial charge >= 0.3 is 0 Å². The number of hydrogen-bond acceptors (Lipinski definition) is 9. The van der Waals surface area contributed by atoms with Gasteiger partial charge in [0, 0.05) is 49.2 Å². The lowest BCUT2D eigenvalue weighted by atomic mass is 9.88. The first-order valence-corrected chi connectivity index (χ1v) is 10.4.